The highest BCUT2D eigenvalue weighted by Crippen LogP contribution is 2.17. The zero-order chi connectivity index (χ0) is 11.3. The van der Waals surface area contributed by atoms with Crippen molar-refractivity contribution in [3.63, 3.8) is 0 Å². The number of hydrogen-bond donors (Lipinski definition) is 2. The number of halogens is 2. The molecule has 4 heteroatoms. The molecule has 2 nitrogen and oxygen atoms in total. The predicted octanol–water partition coefficient (Wildman–Crippen LogP) is 2.45. The Labute approximate surface area is 97.6 Å². The number of hydrogen-bond acceptors (Lipinski definition) is 2. The molecule has 0 fully saturated rings. The minimum Gasteiger partial charge on any atom is -0.395 e. The van der Waals surface area contributed by atoms with Gasteiger partial charge in [-0.05, 0) is 30.2 Å². The lowest BCUT2D eigenvalue weighted by molar-refractivity contribution is 0.238. The first kappa shape index (κ1) is 12.6. The Morgan fingerprint density at radius 1 is 1.53 bits per heavy atom. The molecule has 0 aliphatic heterocycles. The van der Waals surface area contributed by atoms with Crippen LogP contribution in [0.1, 0.15) is 18.9 Å². The zero-order valence-corrected chi connectivity index (χ0v) is 10.2. The quantitative estimate of drug-likeness (QED) is 0.865. The van der Waals surface area contributed by atoms with Gasteiger partial charge in [-0.1, -0.05) is 22.9 Å². The first-order valence-electron chi connectivity index (χ1n) is 4.95. The molecule has 1 atom stereocenters. The zero-order valence-electron chi connectivity index (χ0n) is 8.63. The molecule has 0 heterocycles. The van der Waals surface area contributed by atoms with E-state index < -0.39 is 0 Å². The molecule has 0 radical (unpaired) electrons. The Hall–Kier alpha value is -0.450. The van der Waals surface area contributed by atoms with Crippen molar-refractivity contribution in [2.45, 2.75) is 25.9 Å². The molecule has 0 spiro atoms. The summed E-state index contributed by atoms with van der Waals surface area (Å²) in [6, 6.07) is 4.66. The molecule has 0 aromatic heterocycles. The van der Waals surface area contributed by atoms with E-state index in [9.17, 15) is 4.39 Å². The van der Waals surface area contributed by atoms with E-state index in [1.54, 1.807) is 6.07 Å². The van der Waals surface area contributed by atoms with Crippen molar-refractivity contribution in [1.29, 1.82) is 0 Å². The molecule has 2 N–H and O–H groups in total. The number of aliphatic hydroxyl groups excluding tert-OH is 1. The van der Waals surface area contributed by atoms with Crippen LogP contribution in [0.25, 0.3) is 0 Å². The van der Waals surface area contributed by atoms with Crippen LogP contribution in [0.2, 0.25) is 0 Å². The Kier molecular flexibility index (Phi) is 5.22. The van der Waals surface area contributed by atoms with Crippen LogP contribution in [-0.2, 0) is 6.54 Å². The van der Waals surface area contributed by atoms with Crippen molar-refractivity contribution in [2.75, 3.05) is 6.61 Å². The van der Waals surface area contributed by atoms with Crippen molar-refractivity contribution in [1.82, 2.24) is 5.32 Å². The third-order valence-electron chi connectivity index (χ3n) is 2.30. The molecule has 1 aromatic carbocycles. The molecule has 15 heavy (non-hydrogen) atoms. The molecular formula is C11H15BrFNO. The highest BCUT2D eigenvalue weighted by Gasteiger charge is 2.06. The Morgan fingerprint density at radius 3 is 2.87 bits per heavy atom. The monoisotopic (exact) mass is 275 g/mol. The molecule has 0 amide bonds. The number of nitrogens with one attached hydrogen (secondary N) is 1. The van der Waals surface area contributed by atoms with Gasteiger partial charge < -0.3 is 10.4 Å². The van der Waals surface area contributed by atoms with E-state index in [1.807, 2.05) is 6.92 Å². The van der Waals surface area contributed by atoms with Crippen LogP contribution in [0.3, 0.4) is 0 Å². The standard InChI is InChI=1S/C11H15BrFNO/c1-2-10(7-15)14-6-8-5-9(13)3-4-11(8)12/h3-5,10,14-15H,2,6-7H2,1H3/t10-/m1/s1. The van der Waals surface area contributed by atoms with Crippen molar-refractivity contribution >= 4 is 15.9 Å². The Morgan fingerprint density at radius 2 is 2.27 bits per heavy atom. The Bertz CT molecular complexity index is 315. The van der Waals surface area contributed by atoms with E-state index in [0.717, 1.165) is 16.5 Å². The second kappa shape index (κ2) is 6.20. The van der Waals surface area contributed by atoms with Gasteiger partial charge >= 0.3 is 0 Å². The van der Waals surface area contributed by atoms with Gasteiger partial charge in [0.15, 0.2) is 0 Å². The molecular weight excluding hydrogens is 261 g/mol. The summed E-state index contributed by atoms with van der Waals surface area (Å²) in [5, 5.41) is 12.1. The van der Waals surface area contributed by atoms with Crippen LogP contribution in [0.5, 0.6) is 0 Å². The van der Waals surface area contributed by atoms with Crippen LogP contribution in [-0.4, -0.2) is 17.8 Å². The minimum absolute atomic E-state index is 0.0696. The molecule has 1 aromatic rings. The fourth-order valence-electron chi connectivity index (χ4n) is 1.27. The second-order valence-electron chi connectivity index (χ2n) is 3.40. The van der Waals surface area contributed by atoms with Gasteiger partial charge in [-0.3, -0.25) is 0 Å². The number of rotatable bonds is 5. The third-order valence-corrected chi connectivity index (χ3v) is 3.08. The van der Waals surface area contributed by atoms with Gasteiger partial charge in [0.2, 0.25) is 0 Å². The first-order valence-corrected chi connectivity index (χ1v) is 5.74. The van der Waals surface area contributed by atoms with Gasteiger partial charge in [-0.25, -0.2) is 4.39 Å². The summed E-state index contributed by atoms with van der Waals surface area (Å²) >= 11 is 3.36. The van der Waals surface area contributed by atoms with Crippen molar-refractivity contribution in [3.8, 4) is 0 Å². The lowest BCUT2D eigenvalue weighted by Crippen LogP contribution is -2.31. The largest absolute Gasteiger partial charge is 0.395 e. The normalized spacial score (nSPS) is 12.8. The summed E-state index contributed by atoms with van der Waals surface area (Å²) in [6.07, 6.45) is 0.851. The maximum Gasteiger partial charge on any atom is 0.123 e. The van der Waals surface area contributed by atoms with Crippen molar-refractivity contribution < 1.29 is 9.50 Å². The van der Waals surface area contributed by atoms with Crippen LogP contribution in [0.15, 0.2) is 22.7 Å². The summed E-state index contributed by atoms with van der Waals surface area (Å²) in [6.45, 7) is 2.65. The predicted molar refractivity (Wildman–Crippen MR) is 62.1 cm³/mol. The van der Waals surface area contributed by atoms with E-state index in [0.29, 0.717) is 6.54 Å². The summed E-state index contributed by atoms with van der Waals surface area (Å²) in [4.78, 5) is 0. The van der Waals surface area contributed by atoms with Gasteiger partial charge in [0, 0.05) is 17.1 Å². The maximum atomic E-state index is 12.9. The van der Waals surface area contributed by atoms with Gasteiger partial charge in [-0.2, -0.15) is 0 Å². The lowest BCUT2D eigenvalue weighted by Gasteiger charge is -2.14. The van der Waals surface area contributed by atoms with Crippen LogP contribution >= 0.6 is 15.9 Å². The SMILES string of the molecule is CC[C@H](CO)NCc1cc(F)ccc1Br. The van der Waals surface area contributed by atoms with E-state index in [2.05, 4.69) is 21.2 Å². The molecule has 0 saturated carbocycles. The second-order valence-corrected chi connectivity index (χ2v) is 4.26. The van der Waals surface area contributed by atoms with E-state index in [4.69, 9.17) is 5.11 Å². The minimum atomic E-state index is -0.243. The highest BCUT2D eigenvalue weighted by molar-refractivity contribution is 9.10. The smallest absolute Gasteiger partial charge is 0.123 e. The Balaban J connectivity index is 2.60. The van der Waals surface area contributed by atoms with Crippen LogP contribution in [0.4, 0.5) is 4.39 Å². The highest BCUT2D eigenvalue weighted by atomic mass is 79.9. The summed E-state index contributed by atoms with van der Waals surface area (Å²) in [5.74, 6) is -0.243. The van der Waals surface area contributed by atoms with Crippen LogP contribution in [0, 0.1) is 5.82 Å². The van der Waals surface area contributed by atoms with Gasteiger partial charge in [0.25, 0.3) is 0 Å². The lowest BCUT2D eigenvalue weighted by atomic mass is 10.2. The summed E-state index contributed by atoms with van der Waals surface area (Å²) in [5.41, 5.74) is 0.863. The molecule has 0 unspecified atom stereocenters. The van der Waals surface area contributed by atoms with Crippen molar-refractivity contribution in [3.05, 3.63) is 34.1 Å². The third kappa shape index (κ3) is 3.89. The molecule has 0 aliphatic carbocycles. The molecule has 0 saturated heterocycles. The van der Waals surface area contributed by atoms with Crippen molar-refractivity contribution in [2.24, 2.45) is 0 Å². The molecule has 84 valence electrons. The maximum absolute atomic E-state index is 12.9. The van der Waals surface area contributed by atoms with Gasteiger partial charge in [0.1, 0.15) is 5.82 Å². The topological polar surface area (TPSA) is 32.3 Å². The fourth-order valence-corrected chi connectivity index (χ4v) is 1.66. The van der Waals surface area contributed by atoms with E-state index in [-0.39, 0.29) is 18.5 Å². The number of benzene rings is 1. The summed E-state index contributed by atoms with van der Waals surface area (Å²) in [7, 11) is 0. The average molecular weight is 276 g/mol. The average Bonchev–Trinajstić information content (AvgIpc) is 2.24. The first-order chi connectivity index (χ1) is 7.17. The summed E-state index contributed by atoms with van der Waals surface area (Å²) < 4.78 is 13.8. The van der Waals surface area contributed by atoms with E-state index >= 15 is 0 Å². The fraction of sp³-hybridized carbons (Fsp3) is 0.455. The molecule has 0 aliphatic rings. The molecule has 0 bridgehead atoms. The molecule has 1 rings (SSSR count). The van der Waals surface area contributed by atoms with Gasteiger partial charge in [-0.15, -0.1) is 0 Å². The number of aliphatic hydroxyl groups is 1. The van der Waals surface area contributed by atoms with E-state index in [1.165, 1.54) is 12.1 Å². The van der Waals surface area contributed by atoms with Crippen LogP contribution < -0.4 is 5.32 Å². The van der Waals surface area contributed by atoms with Gasteiger partial charge in [0.05, 0.1) is 6.61 Å².